The normalized spacial score (nSPS) is 26.0. The molecule has 0 radical (unpaired) electrons. The number of nitrogens with zero attached hydrogens (tertiary/aromatic N) is 2. The highest BCUT2D eigenvalue weighted by atomic mass is 16.5. The number of aliphatic hydroxyl groups is 1. The van der Waals surface area contributed by atoms with E-state index in [1.807, 2.05) is 54.6 Å². The molecule has 4 aromatic rings. The number of benzene rings is 2. The number of para-hydroxylation sites is 1. The molecule has 3 unspecified atom stereocenters. The van der Waals surface area contributed by atoms with Crippen LogP contribution in [0.25, 0.3) is 16.7 Å². The van der Waals surface area contributed by atoms with Gasteiger partial charge in [0.1, 0.15) is 11.3 Å². The smallest absolute Gasteiger partial charge is 0.355 e. The van der Waals surface area contributed by atoms with Crippen LogP contribution in [0.5, 0.6) is 0 Å². The summed E-state index contributed by atoms with van der Waals surface area (Å²) in [6.45, 7) is 0. The van der Waals surface area contributed by atoms with Gasteiger partial charge in [-0.3, -0.25) is 14.2 Å². The van der Waals surface area contributed by atoms with Crippen molar-refractivity contribution in [3.63, 3.8) is 0 Å². The van der Waals surface area contributed by atoms with Crippen LogP contribution in [0.3, 0.4) is 0 Å². The Hall–Kier alpha value is -4.10. The number of carbonyl (C=O) groups is 2. The van der Waals surface area contributed by atoms with Crippen LogP contribution in [-0.4, -0.2) is 39.1 Å². The van der Waals surface area contributed by atoms with Crippen molar-refractivity contribution < 1.29 is 19.4 Å². The van der Waals surface area contributed by atoms with Gasteiger partial charge in [-0.15, -0.1) is 0 Å². The Morgan fingerprint density at radius 2 is 1.69 bits per heavy atom. The first-order valence-electron chi connectivity index (χ1n) is 14.8. The predicted molar refractivity (Wildman–Crippen MR) is 159 cm³/mol. The lowest BCUT2D eigenvalue weighted by Crippen LogP contribution is -2.54. The average molecular weight is 563 g/mol. The first-order valence-corrected chi connectivity index (χ1v) is 14.8. The molecule has 214 valence electrons. The molecular weight excluding hydrogens is 528 g/mol. The first-order chi connectivity index (χ1) is 20.3. The number of aromatic nitrogens is 2. The molecule has 4 aliphatic rings. The topological polar surface area (TPSA) is 98.5 Å². The maximum Gasteiger partial charge on any atom is 0.355 e. The van der Waals surface area contributed by atoms with Crippen LogP contribution >= 0.6 is 0 Å². The van der Waals surface area contributed by atoms with Gasteiger partial charge < -0.3 is 9.84 Å². The molecule has 4 aliphatic carbocycles. The molecule has 0 spiro atoms. The van der Waals surface area contributed by atoms with Gasteiger partial charge in [-0.05, 0) is 85.6 Å². The van der Waals surface area contributed by atoms with E-state index in [2.05, 4.69) is 4.98 Å². The minimum Gasteiger partial charge on any atom is -0.464 e. The number of ether oxygens (including phenoxy) is 1. The Morgan fingerprint density at radius 3 is 2.36 bits per heavy atom. The van der Waals surface area contributed by atoms with Crippen LogP contribution in [-0.2, 0) is 11.2 Å². The third-order valence-corrected chi connectivity index (χ3v) is 9.93. The van der Waals surface area contributed by atoms with Crippen molar-refractivity contribution >= 4 is 22.8 Å². The Morgan fingerprint density at radius 1 is 0.976 bits per heavy atom. The minimum atomic E-state index is -0.620. The maximum absolute atomic E-state index is 13.8. The van der Waals surface area contributed by atoms with Crippen molar-refractivity contribution in [2.75, 3.05) is 7.11 Å². The monoisotopic (exact) mass is 562 g/mol. The van der Waals surface area contributed by atoms with E-state index >= 15 is 0 Å². The number of hydrogen-bond donors (Lipinski definition) is 1. The third kappa shape index (κ3) is 4.56. The van der Waals surface area contributed by atoms with E-state index in [1.165, 1.54) is 7.11 Å². The fourth-order valence-electron chi connectivity index (χ4n) is 8.33. The van der Waals surface area contributed by atoms with Gasteiger partial charge in [0.2, 0.25) is 0 Å². The third-order valence-electron chi connectivity index (χ3n) is 9.93. The lowest BCUT2D eigenvalue weighted by Gasteiger charge is -2.58. The lowest BCUT2D eigenvalue weighted by atomic mass is 9.49. The second kappa shape index (κ2) is 10.3. The van der Waals surface area contributed by atoms with Gasteiger partial charge in [-0.2, -0.15) is 0 Å². The standard InChI is InChI=1S/C35H34N2O5/c1-42-34(40)31-29(32(39)27-8-5-13-36-33(27)37(31)26-6-3-2-4-7-26)16-21-9-11-23(12-10-21)30(38)17-28-24-14-22-15-25(28)20-35(41,18-22)19-24/h2-13,22,24-25,28,41H,14-20H2,1H3/t22?,24-,25+,28?,35?. The number of methoxy groups -OCH3 is 1. The van der Waals surface area contributed by atoms with Crippen LogP contribution in [0.4, 0.5) is 0 Å². The van der Waals surface area contributed by atoms with Gasteiger partial charge >= 0.3 is 5.97 Å². The second-order valence-corrected chi connectivity index (χ2v) is 12.6. The zero-order valence-electron chi connectivity index (χ0n) is 23.7. The Labute approximate surface area is 244 Å². The molecular formula is C35H34N2O5. The molecule has 2 aromatic carbocycles. The number of rotatable bonds is 7. The van der Waals surface area contributed by atoms with Crippen molar-refractivity contribution in [3.8, 4) is 5.69 Å². The van der Waals surface area contributed by atoms with Gasteiger partial charge in [-0.1, -0.05) is 42.5 Å². The summed E-state index contributed by atoms with van der Waals surface area (Å²) in [6, 6.07) is 20.2. The molecule has 42 heavy (non-hydrogen) atoms. The van der Waals surface area contributed by atoms with Gasteiger partial charge in [-0.25, -0.2) is 9.78 Å². The minimum absolute atomic E-state index is 0.129. The van der Waals surface area contributed by atoms with E-state index in [1.54, 1.807) is 22.9 Å². The van der Waals surface area contributed by atoms with Crippen molar-refractivity contribution in [2.45, 2.75) is 50.5 Å². The first kappa shape index (κ1) is 26.8. The molecule has 4 saturated carbocycles. The molecule has 0 amide bonds. The van der Waals surface area contributed by atoms with Crippen LogP contribution in [0.1, 0.15) is 70.5 Å². The summed E-state index contributed by atoms with van der Waals surface area (Å²) in [5, 5.41) is 11.3. The number of pyridine rings is 2. The molecule has 0 aliphatic heterocycles. The predicted octanol–water partition coefficient (Wildman–Crippen LogP) is 5.52. The zero-order valence-corrected chi connectivity index (χ0v) is 23.7. The molecule has 7 nitrogen and oxygen atoms in total. The van der Waals surface area contributed by atoms with Crippen LogP contribution in [0.2, 0.25) is 0 Å². The Kier molecular flexibility index (Phi) is 6.58. The maximum atomic E-state index is 13.8. The van der Waals surface area contributed by atoms with Gasteiger partial charge in [0, 0.05) is 35.9 Å². The van der Waals surface area contributed by atoms with Gasteiger partial charge in [0.15, 0.2) is 11.2 Å². The number of carbonyl (C=O) groups excluding carboxylic acids is 2. The Balaban J connectivity index is 1.20. The molecule has 8 rings (SSSR count). The molecule has 4 fully saturated rings. The van der Waals surface area contributed by atoms with Crippen molar-refractivity contribution in [2.24, 2.45) is 23.7 Å². The summed E-state index contributed by atoms with van der Waals surface area (Å²) in [4.78, 5) is 44.8. The zero-order chi connectivity index (χ0) is 29.0. The van der Waals surface area contributed by atoms with E-state index in [-0.39, 0.29) is 23.3 Å². The van der Waals surface area contributed by atoms with Gasteiger partial charge in [0.25, 0.3) is 0 Å². The average Bonchev–Trinajstić information content (AvgIpc) is 2.99. The molecule has 4 bridgehead atoms. The summed E-state index contributed by atoms with van der Waals surface area (Å²) in [5.74, 6) is 1.35. The summed E-state index contributed by atoms with van der Waals surface area (Å²) in [6.07, 6.45) is 7.20. The highest BCUT2D eigenvalue weighted by Crippen LogP contribution is 2.59. The number of esters is 1. The summed E-state index contributed by atoms with van der Waals surface area (Å²) in [5.41, 5.74) is 2.24. The van der Waals surface area contributed by atoms with E-state index in [0.717, 1.165) is 37.7 Å². The van der Waals surface area contributed by atoms with E-state index in [0.29, 0.717) is 57.9 Å². The van der Waals surface area contributed by atoms with Crippen molar-refractivity contribution in [3.05, 3.63) is 106 Å². The number of fused-ring (bicyclic) bond motifs is 1. The highest BCUT2D eigenvalue weighted by Gasteiger charge is 2.54. The summed E-state index contributed by atoms with van der Waals surface area (Å²) >= 11 is 0. The van der Waals surface area contributed by atoms with E-state index in [9.17, 15) is 19.5 Å². The van der Waals surface area contributed by atoms with Crippen LogP contribution in [0.15, 0.2) is 77.7 Å². The molecule has 2 aromatic heterocycles. The van der Waals surface area contributed by atoms with Crippen molar-refractivity contribution in [1.82, 2.24) is 9.55 Å². The fourth-order valence-corrected chi connectivity index (χ4v) is 8.33. The molecule has 1 N–H and O–H groups in total. The van der Waals surface area contributed by atoms with Crippen LogP contribution < -0.4 is 5.43 Å². The number of ketones is 1. The van der Waals surface area contributed by atoms with Gasteiger partial charge in [0.05, 0.1) is 18.1 Å². The largest absolute Gasteiger partial charge is 0.464 e. The molecule has 0 saturated heterocycles. The SMILES string of the molecule is COC(=O)c1c(Cc2ccc(C(=O)CC3[C@@H]4CC5C[C@H]3CC(O)(C5)C4)cc2)c(=O)c2cccnc2n1-c1ccccc1. The Bertz CT molecular complexity index is 1730. The van der Waals surface area contributed by atoms with Crippen LogP contribution in [0, 0.1) is 23.7 Å². The van der Waals surface area contributed by atoms with E-state index in [4.69, 9.17) is 4.74 Å². The molecule has 7 heteroatoms. The van der Waals surface area contributed by atoms with Crippen molar-refractivity contribution in [1.29, 1.82) is 0 Å². The quantitative estimate of drug-likeness (QED) is 0.235. The fraction of sp³-hybridized carbons (Fsp3) is 0.371. The number of Topliss-reactive ketones (excluding diaryl/α,β-unsaturated/α-hetero) is 1. The molecule has 2 heterocycles. The molecule has 5 atom stereocenters. The summed E-state index contributed by atoms with van der Waals surface area (Å²) < 4.78 is 6.86. The number of hydrogen-bond acceptors (Lipinski definition) is 6. The summed E-state index contributed by atoms with van der Waals surface area (Å²) in [7, 11) is 1.30. The lowest BCUT2D eigenvalue weighted by molar-refractivity contribution is -0.151. The second-order valence-electron chi connectivity index (χ2n) is 12.6. The highest BCUT2D eigenvalue weighted by molar-refractivity contribution is 5.96. The van der Waals surface area contributed by atoms with E-state index < -0.39 is 11.6 Å².